The fraction of sp³-hybridized carbons (Fsp3) is 0.571. The van der Waals surface area contributed by atoms with Crippen LogP contribution >= 0.6 is 11.8 Å². The molecule has 54 valence electrons. The van der Waals surface area contributed by atoms with Crippen LogP contribution in [0.4, 0.5) is 0 Å². The van der Waals surface area contributed by atoms with Crippen molar-refractivity contribution in [3.8, 4) is 6.07 Å². The first-order valence-corrected chi connectivity index (χ1v) is 4.16. The van der Waals surface area contributed by atoms with Crippen LogP contribution in [0.5, 0.6) is 0 Å². The molecule has 0 N–H and O–H groups in total. The molecule has 0 atom stereocenters. The van der Waals surface area contributed by atoms with Crippen LogP contribution in [0.2, 0.25) is 0 Å². The van der Waals surface area contributed by atoms with E-state index >= 15 is 0 Å². The number of hydrogen-bond donors (Lipinski definition) is 0. The predicted molar refractivity (Wildman–Crippen MR) is 43.2 cm³/mol. The maximum atomic E-state index is 8.41. The van der Waals surface area contributed by atoms with Gasteiger partial charge in [0.15, 0.2) is 0 Å². The second-order valence-electron chi connectivity index (χ2n) is 2.27. The van der Waals surface area contributed by atoms with Gasteiger partial charge in [-0.05, 0) is 13.8 Å². The molecule has 0 aliphatic carbocycles. The summed E-state index contributed by atoms with van der Waals surface area (Å²) in [5, 5.41) is 8.41. The van der Waals surface area contributed by atoms with E-state index in [1.807, 2.05) is 11.8 Å². The van der Waals surface area contributed by atoms with Gasteiger partial charge in [0, 0.05) is 10.6 Å². The Hall–Kier alpha value is -0.620. The zero-order valence-electron chi connectivity index (χ0n) is 6.22. The first kappa shape index (κ1) is 7.49. The average molecular weight is 154 g/mol. The van der Waals surface area contributed by atoms with Crippen molar-refractivity contribution in [1.82, 2.24) is 4.90 Å². The number of rotatable bonds is 1. The number of thioether (sulfide) groups is 1. The molecule has 0 aromatic carbocycles. The minimum absolute atomic E-state index is 0.524. The van der Waals surface area contributed by atoms with Crippen molar-refractivity contribution < 1.29 is 0 Å². The van der Waals surface area contributed by atoms with Gasteiger partial charge in [0.2, 0.25) is 0 Å². The number of nitrogens with zero attached hydrogens (tertiary/aromatic N) is 2. The van der Waals surface area contributed by atoms with Crippen LogP contribution < -0.4 is 0 Å². The van der Waals surface area contributed by atoms with Gasteiger partial charge < -0.3 is 4.90 Å². The van der Waals surface area contributed by atoms with Crippen molar-refractivity contribution in [3.63, 3.8) is 0 Å². The van der Waals surface area contributed by atoms with Crippen molar-refractivity contribution in [2.24, 2.45) is 0 Å². The second-order valence-corrected chi connectivity index (χ2v) is 3.43. The van der Waals surface area contributed by atoms with E-state index in [2.05, 4.69) is 24.8 Å². The van der Waals surface area contributed by atoms with E-state index in [4.69, 9.17) is 5.26 Å². The molecule has 2 nitrogen and oxygen atoms in total. The van der Waals surface area contributed by atoms with Crippen molar-refractivity contribution in [2.45, 2.75) is 13.8 Å². The molecule has 0 amide bonds. The maximum Gasteiger partial charge on any atom is 0.106 e. The van der Waals surface area contributed by atoms with E-state index in [9.17, 15) is 0 Å². The molecule has 10 heavy (non-hydrogen) atoms. The molecular weight excluding hydrogens is 144 g/mol. The minimum atomic E-state index is 0.524. The summed E-state index contributed by atoms with van der Waals surface area (Å²) >= 11 is 1.81. The third kappa shape index (κ3) is 1.27. The summed E-state index contributed by atoms with van der Waals surface area (Å²) in [6, 6.07) is 2.14. The monoisotopic (exact) mass is 154 g/mol. The molecule has 1 heterocycles. The average Bonchev–Trinajstić information content (AvgIpc) is 2.20. The zero-order chi connectivity index (χ0) is 7.56. The van der Waals surface area contributed by atoms with Crippen molar-refractivity contribution in [1.29, 1.82) is 5.26 Å². The lowest BCUT2D eigenvalue weighted by Crippen LogP contribution is -2.17. The van der Waals surface area contributed by atoms with Gasteiger partial charge in [-0.1, -0.05) is 0 Å². The molecule has 3 heteroatoms. The Kier molecular flexibility index (Phi) is 2.23. The Balaban J connectivity index is 2.61. The second kappa shape index (κ2) is 2.98. The highest BCUT2D eigenvalue weighted by atomic mass is 32.2. The van der Waals surface area contributed by atoms with E-state index < -0.39 is 0 Å². The number of hydrogen-bond acceptors (Lipinski definition) is 3. The maximum absolute atomic E-state index is 8.41. The van der Waals surface area contributed by atoms with Crippen LogP contribution in [0, 0.1) is 11.3 Å². The molecule has 1 rings (SSSR count). The third-order valence-electron chi connectivity index (χ3n) is 1.68. The number of allylic oxidation sites excluding steroid dienone is 2. The van der Waals surface area contributed by atoms with E-state index in [-0.39, 0.29) is 0 Å². The smallest absolute Gasteiger partial charge is 0.106 e. The molecule has 0 aromatic heterocycles. The van der Waals surface area contributed by atoms with Gasteiger partial charge in [-0.25, -0.2) is 0 Å². The Morgan fingerprint density at radius 3 is 2.80 bits per heavy atom. The summed E-state index contributed by atoms with van der Waals surface area (Å²) in [4.78, 5) is 3.43. The number of nitriles is 1. The molecule has 0 bridgehead atoms. The summed E-state index contributed by atoms with van der Waals surface area (Å²) in [6.07, 6.45) is 0. The highest BCUT2D eigenvalue weighted by Crippen LogP contribution is 2.30. The molecule has 0 saturated carbocycles. The normalized spacial score (nSPS) is 17.9. The van der Waals surface area contributed by atoms with Crippen molar-refractivity contribution in [2.75, 3.05) is 12.4 Å². The first-order valence-electron chi connectivity index (χ1n) is 3.18. The fourth-order valence-electron chi connectivity index (χ4n) is 0.848. The molecule has 0 spiro atoms. The summed E-state index contributed by atoms with van der Waals surface area (Å²) < 4.78 is 0. The van der Waals surface area contributed by atoms with Crippen molar-refractivity contribution >= 4 is 11.8 Å². The Morgan fingerprint density at radius 2 is 2.40 bits per heavy atom. The largest absolute Gasteiger partial charge is 0.352 e. The van der Waals surface area contributed by atoms with Crippen molar-refractivity contribution in [3.05, 3.63) is 10.6 Å². The third-order valence-corrected chi connectivity index (χ3v) is 2.85. The van der Waals surface area contributed by atoms with Gasteiger partial charge in [0.1, 0.15) is 6.54 Å². The molecule has 0 saturated heterocycles. The first-order chi connectivity index (χ1) is 4.75. The van der Waals surface area contributed by atoms with Gasteiger partial charge in [0.25, 0.3) is 0 Å². The molecule has 1 aliphatic rings. The van der Waals surface area contributed by atoms with Gasteiger partial charge in [-0.15, -0.1) is 11.8 Å². The molecule has 0 fully saturated rings. The van der Waals surface area contributed by atoms with E-state index in [0.29, 0.717) is 6.54 Å². The quantitative estimate of drug-likeness (QED) is 0.538. The Bertz CT molecular complexity index is 202. The molecule has 0 aromatic rings. The van der Waals surface area contributed by atoms with Crippen LogP contribution in [0.15, 0.2) is 10.6 Å². The van der Waals surface area contributed by atoms with E-state index in [1.165, 1.54) is 10.6 Å². The van der Waals surface area contributed by atoms with Crippen LogP contribution in [0.1, 0.15) is 13.8 Å². The lowest BCUT2D eigenvalue weighted by molar-refractivity contribution is 0.460. The van der Waals surface area contributed by atoms with E-state index in [0.717, 1.165) is 5.88 Å². The van der Waals surface area contributed by atoms with Crippen LogP contribution in [-0.4, -0.2) is 17.3 Å². The van der Waals surface area contributed by atoms with Crippen LogP contribution in [-0.2, 0) is 0 Å². The lowest BCUT2D eigenvalue weighted by Gasteiger charge is -2.13. The van der Waals surface area contributed by atoms with Gasteiger partial charge in [-0.2, -0.15) is 5.26 Å². The molecular formula is C7H10N2S. The highest BCUT2D eigenvalue weighted by Gasteiger charge is 2.14. The topological polar surface area (TPSA) is 27.0 Å². The summed E-state index contributed by atoms with van der Waals surface area (Å²) in [5.74, 6) is 0.950. The zero-order valence-corrected chi connectivity index (χ0v) is 7.03. The Labute approximate surface area is 65.5 Å². The van der Waals surface area contributed by atoms with Gasteiger partial charge in [0.05, 0.1) is 11.9 Å². The van der Waals surface area contributed by atoms with Gasteiger partial charge in [-0.3, -0.25) is 0 Å². The van der Waals surface area contributed by atoms with Gasteiger partial charge >= 0.3 is 0 Å². The Morgan fingerprint density at radius 1 is 1.70 bits per heavy atom. The molecule has 0 unspecified atom stereocenters. The molecule has 1 aliphatic heterocycles. The summed E-state index contributed by atoms with van der Waals surface area (Å²) in [6.45, 7) is 4.68. The fourth-order valence-corrected chi connectivity index (χ4v) is 1.82. The van der Waals surface area contributed by atoms with Crippen LogP contribution in [0.25, 0.3) is 0 Å². The minimum Gasteiger partial charge on any atom is -0.352 e. The lowest BCUT2D eigenvalue weighted by atomic mass is 10.4. The standard InChI is InChI=1S/C7H10N2S/c1-6-7(2)10-5-9(6)4-3-8/h4-5H2,1-2H3. The summed E-state index contributed by atoms with van der Waals surface area (Å²) in [7, 11) is 0. The highest BCUT2D eigenvalue weighted by molar-refractivity contribution is 8.03. The summed E-state index contributed by atoms with van der Waals surface area (Å²) in [5.41, 5.74) is 1.26. The predicted octanol–water partition coefficient (Wildman–Crippen LogP) is 1.77. The van der Waals surface area contributed by atoms with E-state index in [1.54, 1.807) is 0 Å². The molecule has 0 radical (unpaired) electrons. The SMILES string of the molecule is CC1=C(C)N(CC#N)CS1. The van der Waals surface area contributed by atoms with Crippen LogP contribution in [0.3, 0.4) is 0 Å².